The van der Waals surface area contributed by atoms with Crippen molar-refractivity contribution in [1.29, 1.82) is 0 Å². The van der Waals surface area contributed by atoms with Gasteiger partial charge < -0.3 is 5.11 Å². The molecular weight excluding hydrogens is 132 g/mol. The lowest BCUT2D eigenvalue weighted by molar-refractivity contribution is -0.139. The highest BCUT2D eigenvalue weighted by Gasteiger charge is 2.59. The van der Waals surface area contributed by atoms with E-state index in [-0.39, 0.29) is 17.6 Å². The zero-order valence-corrected chi connectivity index (χ0v) is 5.15. The Morgan fingerprint density at radius 3 is 2.60 bits per heavy atom. The van der Waals surface area contributed by atoms with Crippen LogP contribution in [-0.4, -0.2) is 16.9 Å². The topological polar surface area (TPSA) is 54.4 Å². The van der Waals surface area contributed by atoms with E-state index >= 15 is 0 Å². The predicted molar refractivity (Wildman–Crippen MR) is 32.3 cm³/mol. The van der Waals surface area contributed by atoms with Crippen LogP contribution in [0.5, 0.6) is 0 Å². The summed E-state index contributed by atoms with van der Waals surface area (Å²) < 4.78 is 0. The first kappa shape index (κ1) is 5.65. The zero-order chi connectivity index (χ0) is 7.30. The van der Waals surface area contributed by atoms with Crippen molar-refractivity contribution >= 4 is 11.8 Å². The van der Waals surface area contributed by atoms with Crippen LogP contribution < -0.4 is 0 Å². The van der Waals surface area contributed by atoms with Crippen LogP contribution in [0, 0.1) is 17.8 Å². The molecule has 3 heteroatoms. The molecule has 0 amide bonds. The molecule has 10 heavy (non-hydrogen) atoms. The Hall–Kier alpha value is -1.12. The number of hydrogen-bond donors (Lipinski definition) is 1. The number of hydrogen-bond acceptors (Lipinski definition) is 2. The highest BCUT2D eigenvalue weighted by atomic mass is 16.4. The minimum absolute atomic E-state index is 0.0163. The zero-order valence-electron chi connectivity index (χ0n) is 5.15. The number of allylic oxidation sites excluding steroid dienone is 2. The van der Waals surface area contributed by atoms with E-state index in [1.54, 1.807) is 6.08 Å². The van der Waals surface area contributed by atoms with E-state index in [0.717, 1.165) is 0 Å². The maximum Gasteiger partial charge on any atom is 0.307 e. The summed E-state index contributed by atoms with van der Waals surface area (Å²) in [7, 11) is 0. The number of rotatable bonds is 1. The molecule has 0 aromatic heterocycles. The molecule has 2 aliphatic rings. The largest absolute Gasteiger partial charge is 0.481 e. The molecule has 1 fully saturated rings. The van der Waals surface area contributed by atoms with Gasteiger partial charge in [-0.25, -0.2) is 0 Å². The van der Waals surface area contributed by atoms with E-state index in [2.05, 4.69) is 0 Å². The molecule has 3 unspecified atom stereocenters. The van der Waals surface area contributed by atoms with Crippen LogP contribution in [0.2, 0.25) is 0 Å². The van der Waals surface area contributed by atoms with E-state index in [1.807, 2.05) is 0 Å². The standard InChI is InChI=1S/C7H6O3/c8-4-2-1-3-5(4)6(3)7(9)10/h1-3,5-6H,(H,9,10). The van der Waals surface area contributed by atoms with Gasteiger partial charge in [0.2, 0.25) is 0 Å². The highest BCUT2D eigenvalue weighted by Crippen LogP contribution is 2.51. The molecule has 1 saturated carbocycles. The number of aliphatic carboxylic acids is 1. The molecule has 0 aromatic carbocycles. The fourth-order valence-electron chi connectivity index (χ4n) is 1.58. The minimum Gasteiger partial charge on any atom is -0.481 e. The first-order valence-corrected chi connectivity index (χ1v) is 3.16. The van der Waals surface area contributed by atoms with E-state index in [0.29, 0.717) is 0 Å². The summed E-state index contributed by atoms with van der Waals surface area (Å²) in [6.45, 7) is 0. The lowest BCUT2D eigenvalue weighted by atomic mass is 10.2. The average molecular weight is 138 g/mol. The third-order valence-electron chi connectivity index (χ3n) is 2.17. The van der Waals surface area contributed by atoms with Gasteiger partial charge in [-0.1, -0.05) is 6.08 Å². The van der Waals surface area contributed by atoms with Crippen LogP contribution in [0.15, 0.2) is 12.2 Å². The Kier molecular flexibility index (Phi) is 0.836. The van der Waals surface area contributed by atoms with Gasteiger partial charge in [-0.05, 0) is 6.08 Å². The first-order chi connectivity index (χ1) is 4.72. The number of carbonyl (C=O) groups excluding carboxylic acids is 1. The average Bonchev–Trinajstić information content (AvgIpc) is 2.48. The molecule has 52 valence electrons. The van der Waals surface area contributed by atoms with Crippen molar-refractivity contribution in [2.45, 2.75) is 0 Å². The maximum absolute atomic E-state index is 10.8. The van der Waals surface area contributed by atoms with Gasteiger partial charge in [0.25, 0.3) is 0 Å². The predicted octanol–water partition coefficient (Wildman–Crippen LogP) is 0.0721. The van der Waals surface area contributed by atoms with Crippen molar-refractivity contribution < 1.29 is 14.7 Å². The Bertz CT molecular complexity index is 241. The van der Waals surface area contributed by atoms with E-state index in [4.69, 9.17) is 5.11 Å². The number of carbonyl (C=O) groups is 2. The van der Waals surface area contributed by atoms with Crippen molar-refractivity contribution in [3.63, 3.8) is 0 Å². The van der Waals surface area contributed by atoms with Crippen LogP contribution in [0.3, 0.4) is 0 Å². The van der Waals surface area contributed by atoms with Gasteiger partial charge in [-0.2, -0.15) is 0 Å². The normalized spacial score (nSPS) is 41.6. The lowest BCUT2D eigenvalue weighted by Crippen LogP contribution is -2.05. The maximum atomic E-state index is 10.8. The van der Waals surface area contributed by atoms with Gasteiger partial charge in [-0.15, -0.1) is 0 Å². The van der Waals surface area contributed by atoms with E-state index in [9.17, 15) is 9.59 Å². The molecule has 0 bridgehead atoms. The van der Waals surface area contributed by atoms with E-state index < -0.39 is 11.9 Å². The summed E-state index contributed by atoms with van der Waals surface area (Å²) in [6, 6.07) is 0. The van der Waals surface area contributed by atoms with Crippen LogP contribution in [-0.2, 0) is 9.59 Å². The smallest absolute Gasteiger partial charge is 0.307 e. The Labute approximate surface area is 57.3 Å². The minimum atomic E-state index is -0.840. The van der Waals surface area contributed by atoms with Crippen molar-refractivity contribution in [3.05, 3.63) is 12.2 Å². The van der Waals surface area contributed by atoms with Crippen molar-refractivity contribution in [2.24, 2.45) is 17.8 Å². The molecule has 1 N–H and O–H groups in total. The quantitative estimate of drug-likeness (QED) is 0.558. The van der Waals surface area contributed by atoms with Crippen LogP contribution in [0.25, 0.3) is 0 Å². The number of fused-ring (bicyclic) bond motifs is 1. The second-order valence-corrected chi connectivity index (χ2v) is 2.73. The van der Waals surface area contributed by atoms with Gasteiger partial charge in [-0.3, -0.25) is 9.59 Å². The SMILES string of the molecule is O=C(O)C1C2C=CC(=O)C21. The van der Waals surface area contributed by atoms with Crippen LogP contribution in [0.4, 0.5) is 0 Å². The van der Waals surface area contributed by atoms with E-state index in [1.165, 1.54) is 6.08 Å². The number of ketones is 1. The second-order valence-electron chi connectivity index (χ2n) is 2.73. The van der Waals surface area contributed by atoms with Crippen LogP contribution >= 0.6 is 0 Å². The molecule has 0 radical (unpaired) electrons. The Balaban J connectivity index is 2.19. The Morgan fingerprint density at radius 1 is 1.60 bits per heavy atom. The van der Waals surface area contributed by atoms with Gasteiger partial charge in [0.05, 0.1) is 5.92 Å². The third-order valence-corrected chi connectivity index (χ3v) is 2.17. The molecule has 2 aliphatic carbocycles. The molecule has 0 heterocycles. The molecule has 0 saturated heterocycles. The monoisotopic (exact) mass is 138 g/mol. The highest BCUT2D eigenvalue weighted by molar-refractivity contribution is 6.02. The van der Waals surface area contributed by atoms with Crippen molar-refractivity contribution in [1.82, 2.24) is 0 Å². The second kappa shape index (κ2) is 1.48. The number of carboxylic acids is 1. The Morgan fingerprint density at radius 2 is 2.30 bits per heavy atom. The fraction of sp³-hybridized carbons (Fsp3) is 0.429. The first-order valence-electron chi connectivity index (χ1n) is 3.16. The summed E-state index contributed by atoms with van der Waals surface area (Å²) in [5.74, 6) is -1.45. The van der Waals surface area contributed by atoms with Gasteiger partial charge in [0.1, 0.15) is 0 Å². The van der Waals surface area contributed by atoms with Crippen LogP contribution in [0.1, 0.15) is 0 Å². The summed E-state index contributed by atoms with van der Waals surface area (Å²) in [5.41, 5.74) is 0. The van der Waals surface area contributed by atoms with Gasteiger partial charge in [0, 0.05) is 11.8 Å². The van der Waals surface area contributed by atoms with Crippen molar-refractivity contribution in [3.8, 4) is 0 Å². The lowest BCUT2D eigenvalue weighted by Gasteiger charge is -1.88. The summed E-state index contributed by atoms with van der Waals surface area (Å²) in [4.78, 5) is 21.1. The summed E-state index contributed by atoms with van der Waals surface area (Å²) >= 11 is 0. The molecule has 2 rings (SSSR count). The third kappa shape index (κ3) is 0.497. The van der Waals surface area contributed by atoms with Crippen molar-refractivity contribution in [2.75, 3.05) is 0 Å². The van der Waals surface area contributed by atoms with Gasteiger partial charge >= 0.3 is 5.97 Å². The molecule has 3 nitrogen and oxygen atoms in total. The number of carboxylic acid groups (broad SMARTS) is 1. The van der Waals surface area contributed by atoms with Gasteiger partial charge in [0.15, 0.2) is 5.78 Å². The molecular formula is C7H6O3. The molecule has 3 atom stereocenters. The molecule has 0 aliphatic heterocycles. The summed E-state index contributed by atoms with van der Waals surface area (Å²) in [6.07, 6.45) is 3.18. The molecule has 0 spiro atoms. The fourth-order valence-corrected chi connectivity index (χ4v) is 1.58. The summed E-state index contributed by atoms with van der Waals surface area (Å²) in [5, 5.41) is 8.49. The molecule has 0 aromatic rings.